The first kappa shape index (κ1) is 21.4. The van der Waals surface area contributed by atoms with E-state index in [0.717, 1.165) is 19.2 Å². The van der Waals surface area contributed by atoms with Crippen LogP contribution < -0.4 is 5.32 Å². The van der Waals surface area contributed by atoms with Gasteiger partial charge in [0.1, 0.15) is 11.6 Å². The Morgan fingerprint density at radius 1 is 1.14 bits per heavy atom. The third-order valence-corrected chi connectivity index (χ3v) is 8.02. The van der Waals surface area contributed by atoms with Crippen LogP contribution in [0, 0.1) is 11.6 Å². The number of ether oxygens (including phenoxy) is 1. The number of nitrogens with one attached hydrogen (secondary N) is 1. The quantitative estimate of drug-likeness (QED) is 0.749. The summed E-state index contributed by atoms with van der Waals surface area (Å²) in [6.07, 6.45) is -0.559. The lowest BCUT2D eigenvalue weighted by atomic mass is 10.0. The van der Waals surface area contributed by atoms with E-state index in [9.17, 15) is 22.0 Å². The molecule has 1 aliphatic heterocycles. The molecule has 0 saturated carbocycles. The first-order valence-electron chi connectivity index (χ1n) is 9.28. The normalized spacial score (nSPS) is 23.5. The van der Waals surface area contributed by atoms with Gasteiger partial charge in [-0.3, -0.25) is 4.79 Å². The molecule has 1 saturated heterocycles. The highest BCUT2D eigenvalue weighted by atomic mass is 32.2. The molecule has 1 N–H and O–H groups in total. The van der Waals surface area contributed by atoms with Crippen molar-refractivity contribution >= 4 is 15.8 Å². The van der Waals surface area contributed by atoms with Crippen LogP contribution in [0.15, 0.2) is 42.5 Å². The maximum Gasteiger partial charge on any atom is 0.310 e. The number of hydrogen-bond donors (Lipinski definition) is 1. The Balaban J connectivity index is 1.90. The Hall–Kier alpha value is -2.32. The van der Waals surface area contributed by atoms with Gasteiger partial charge in [0.05, 0.1) is 24.0 Å². The van der Waals surface area contributed by atoms with Crippen LogP contribution in [0.5, 0.6) is 0 Å². The van der Waals surface area contributed by atoms with Crippen molar-refractivity contribution in [3.05, 3.63) is 70.8 Å². The van der Waals surface area contributed by atoms with E-state index in [2.05, 4.69) is 10.1 Å². The fourth-order valence-electron chi connectivity index (χ4n) is 3.67. The fraction of sp³-hybridized carbons (Fsp3) is 0.381. The van der Waals surface area contributed by atoms with Crippen molar-refractivity contribution in [3.63, 3.8) is 0 Å². The largest absolute Gasteiger partial charge is 0.469 e. The lowest BCUT2D eigenvalue weighted by Crippen LogP contribution is -2.53. The molecule has 5 nitrogen and oxygen atoms in total. The van der Waals surface area contributed by atoms with Crippen molar-refractivity contribution in [3.8, 4) is 0 Å². The smallest absolute Gasteiger partial charge is 0.310 e. The number of carbonyl (C=O) groups is 1. The fourth-order valence-corrected chi connectivity index (χ4v) is 6.03. The van der Waals surface area contributed by atoms with Gasteiger partial charge in [-0.15, -0.1) is 0 Å². The highest BCUT2D eigenvalue weighted by molar-refractivity contribution is 7.92. The zero-order valence-electron chi connectivity index (χ0n) is 16.2. The minimum Gasteiger partial charge on any atom is -0.469 e. The molecular weight excluding hydrogens is 400 g/mol. The monoisotopic (exact) mass is 423 g/mol. The number of sulfone groups is 1. The number of methoxy groups -OCH3 is 1. The van der Waals surface area contributed by atoms with E-state index in [-0.39, 0.29) is 24.1 Å². The van der Waals surface area contributed by atoms with E-state index in [1.54, 1.807) is 37.3 Å². The number of benzene rings is 2. The molecule has 1 aliphatic rings. The predicted molar refractivity (Wildman–Crippen MR) is 105 cm³/mol. The van der Waals surface area contributed by atoms with Crippen LogP contribution in [0.4, 0.5) is 8.78 Å². The van der Waals surface area contributed by atoms with Crippen LogP contribution in [0.1, 0.15) is 28.9 Å². The molecule has 3 rings (SSSR count). The second-order valence-corrected chi connectivity index (χ2v) is 9.57. The lowest BCUT2D eigenvalue weighted by Gasteiger charge is -2.35. The van der Waals surface area contributed by atoms with Gasteiger partial charge >= 0.3 is 5.97 Å². The number of halogens is 2. The zero-order chi connectivity index (χ0) is 21.2. The van der Waals surface area contributed by atoms with Gasteiger partial charge in [0.25, 0.3) is 0 Å². The van der Waals surface area contributed by atoms with Gasteiger partial charge in [-0.25, -0.2) is 17.2 Å². The molecule has 156 valence electrons. The van der Waals surface area contributed by atoms with Crippen LogP contribution in [0.25, 0.3) is 0 Å². The molecule has 0 bridgehead atoms. The van der Waals surface area contributed by atoms with Crippen LogP contribution in [-0.2, 0) is 32.2 Å². The topological polar surface area (TPSA) is 72.5 Å². The second kappa shape index (κ2) is 8.59. The Morgan fingerprint density at radius 3 is 2.41 bits per heavy atom. The highest BCUT2D eigenvalue weighted by Gasteiger charge is 2.42. The maximum atomic E-state index is 14.6. The van der Waals surface area contributed by atoms with E-state index in [1.165, 1.54) is 0 Å². The molecule has 0 aromatic heterocycles. The summed E-state index contributed by atoms with van der Waals surface area (Å²) in [7, 11) is -2.49. The highest BCUT2D eigenvalue weighted by Crippen LogP contribution is 2.33. The molecule has 1 unspecified atom stereocenters. The molecule has 2 aromatic rings. The standard InChI is InChI=1S/C21H23F2NO4S/c1-13-19(29(26,27)20(12-24-13)14-6-4-3-5-7-14)10-15-8-18(23)16(9-17(15)22)11-21(25)28-2/h3-9,13,19-20,24H,10-12H2,1-2H3/t13-,19?,20-/m0/s1. The van der Waals surface area contributed by atoms with Gasteiger partial charge in [0.2, 0.25) is 0 Å². The van der Waals surface area contributed by atoms with Crippen molar-refractivity contribution in [2.24, 2.45) is 0 Å². The average Bonchev–Trinajstić information content (AvgIpc) is 2.68. The summed E-state index contributed by atoms with van der Waals surface area (Å²) >= 11 is 0. The van der Waals surface area contributed by atoms with E-state index >= 15 is 0 Å². The molecule has 0 amide bonds. The molecule has 8 heteroatoms. The summed E-state index contributed by atoms with van der Waals surface area (Å²) in [6.45, 7) is 1.99. The summed E-state index contributed by atoms with van der Waals surface area (Å²) in [6, 6.07) is 10.3. The Bertz CT molecular complexity index is 995. The van der Waals surface area contributed by atoms with Crippen molar-refractivity contribution in [1.82, 2.24) is 5.32 Å². The Labute approximate surface area is 169 Å². The molecule has 0 spiro atoms. The van der Waals surface area contributed by atoms with Crippen molar-refractivity contribution < 1.29 is 26.7 Å². The SMILES string of the molecule is COC(=O)Cc1cc(F)c(CC2[C@H](C)NC[C@@H](c3ccccc3)S2(=O)=O)cc1F. The van der Waals surface area contributed by atoms with Gasteiger partial charge in [-0.2, -0.15) is 0 Å². The molecule has 0 aliphatic carbocycles. The number of esters is 1. The van der Waals surface area contributed by atoms with Crippen LogP contribution >= 0.6 is 0 Å². The molecule has 2 aromatic carbocycles. The summed E-state index contributed by atoms with van der Waals surface area (Å²) in [5.41, 5.74) is 0.502. The molecule has 29 heavy (non-hydrogen) atoms. The molecule has 1 fully saturated rings. The van der Waals surface area contributed by atoms with Gasteiger partial charge in [-0.1, -0.05) is 30.3 Å². The minimum absolute atomic E-state index is 0.0351. The summed E-state index contributed by atoms with van der Waals surface area (Å²) in [4.78, 5) is 11.3. The summed E-state index contributed by atoms with van der Waals surface area (Å²) < 4.78 is 60.0. The van der Waals surface area contributed by atoms with E-state index in [1.807, 2.05) is 0 Å². The van der Waals surface area contributed by atoms with Crippen molar-refractivity contribution in [1.29, 1.82) is 0 Å². The third-order valence-electron chi connectivity index (χ3n) is 5.37. The third kappa shape index (κ3) is 4.48. The molecular formula is C21H23F2NO4S. The van der Waals surface area contributed by atoms with Crippen molar-refractivity contribution in [2.75, 3.05) is 13.7 Å². The second-order valence-electron chi connectivity index (χ2n) is 7.22. The van der Waals surface area contributed by atoms with Gasteiger partial charge < -0.3 is 10.1 Å². The van der Waals surface area contributed by atoms with Gasteiger partial charge in [0.15, 0.2) is 9.84 Å². The van der Waals surface area contributed by atoms with E-state index in [0.29, 0.717) is 5.56 Å². The Morgan fingerprint density at radius 2 is 1.76 bits per heavy atom. The first-order chi connectivity index (χ1) is 13.7. The summed E-state index contributed by atoms with van der Waals surface area (Å²) in [5, 5.41) is 1.51. The van der Waals surface area contributed by atoms with Gasteiger partial charge in [0, 0.05) is 18.2 Å². The number of rotatable bonds is 5. The predicted octanol–water partition coefficient (Wildman–Crippen LogP) is 2.74. The number of hydrogen-bond acceptors (Lipinski definition) is 5. The lowest BCUT2D eigenvalue weighted by molar-refractivity contribution is -0.139. The minimum atomic E-state index is -3.65. The average molecular weight is 423 g/mol. The Kier molecular flexibility index (Phi) is 6.33. The van der Waals surface area contributed by atoms with Crippen LogP contribution in [0.3, 0.4) is 0 Å². The van der Waals surface area contributed by atoms with Crippen LogP contribution in [0.2, 0.25) is 0 Å². The molecule has 3 atom stereocenters. The van der Waals surface area contributed by atoms with E-state index in [4.69, 9.17) is 0 Å². The number of carbonyl (C=O) groups excluding carboxylic acids is 1. The summed E-state index contributed by atoms with van der Waals surface area (Å²) in [5.74, 6) is -2.19. The van der Waals surface area contributed by atoms with Gasteiger partial charge in [-0.05, 0) is 36.6 Å². The molecule has 0 radical (unpaired) electrons. The maximum absolute atomic E-state index is 14.6. The van der Waals surface area contributed by atoms with Crippen molar-refractivity contribution in [2.45, 2.75) is 36.3 Å². The van der Waals surface area contributed by atoms with Crippen LogP contribution in [-0.4, -0.2) is 39.3 Å². The molecule has 1 heterocycles. The zero-order valence-corrected chi connectivity index (χ0v) is 17.0. The first-order valence-corrected chi connectivity index (χ1v) is 10.9. The van der Waals surface area contributed by atoms with E-state index < -0.39 is 50.4 Å².